The molecule has 1 saturated carbocycles. The van der Waals surface area contributed by atoms with Gasteiger partial charge in [0.15, 0.2) is 5.16 Å². The summed E-state index contributed by atoms with van der Waals surface area (Å²) in [6, 6.07) is 6.38. The zero-order chi connectivity index (χ0) is 24.8. The first-order valence-electron chi connectivity index (χ1n) is 12.2. The van der Waals surface area contributed by atoms with Gasteiger partial charge in [-0.1, -0.05) is 50.9 Å². The Bertz CT molecular complexity index is 1130. The van der Waals surface area contributed by atoms with Crippen LogP contribution in [0, 0.1) is 0 Å². The molecule has 0 aromatic carbocycles. The summed E-state index contributed by atoms with van der Waals surface area (Å²) in [5, 5.41) is 15.3. The summed E-state index contributed by atoms with van der Waals surface area (Å²) in [5.41, 5.74) is 0.419. The van der Waals surface area contributed by atoms with Gasteiger partial charge >= 0.3 is 5.97 Å². The largest absolute Gasteiger partial charge is 0.462 e. The van der Waals surface area contributed by atoms with Gasteiger partial charge in [-0.25, -0.2) is 4.79 Å². The van der Waals surface area contributed by atoms with Gasteiger partial charge in [0.05, 0.1) is 17.9 Å². The maximum atomic E-state index is 12.9. The monoisotopic (exact) mass is 532 g/mol. The molecule has 1 fully saturated rings. The summed E-state index contributed by atoms with van der Waals surface area (Å²) in [6.07, 6.45) is 6.67. The first kappa shape index (κ1) is 25.9. The molecule has 4 rings (SSSR count). The minimum atomic E-state index is -0.408. The third kappa shape index (κ3) is 6.54. The van der Waals surface area contributed by atoms with Crippen LogP contribution < -0.4 is 5.32 Å². The smallest absolute Gasteiger partial charge is 0.341 e. The van der Waals surface area contributed by atoms with Crippen molar-refractivity contribution in [2.45, 2.75) is 76.4 Å². The number of aromatic nitrogens is 3. The molecule has 10 heteroatoms. The van der Waals surface area contributed by atoms with Gasteiger partial charge in [0.2, 0.25) is 5.91 Å². The molecule has 1 N–H and O–H groups in total. The number of thioether (sulfide) groups is 1. The average molecular weight is 533 g/mol. The van der Waals surface area contributed by atoms with Gasteiger partial charge in [-0.05, 0) is 43.2 Å². The Morgan fingerprint density at radius 2 is 2.06 bits per heavy atom. The van der Waals surface area contributed by atoms with Crippen LogP contribution in [0.1, 0.15) is 90.8 Å². The molecule has 188 valence electrons. The molecule has 0 spiro atoms. The fraction of sp³-hybridized carbons (Fsp3) is 0.520. The molecule has 0 radical (unpaired) electrons. The predicted molar refractivity (Wildman–Crippen MR) is 143 cm³/mol. The van der Waals surface area contributed by atoms with Crippen LogP contribution >= 0.6 is 34.4 Å². The van der Waals surface area contributed by atoms with Crippen LogP contribution in [0.25, 0.3) is 0 Å². The lowest BCUT2D eigenvalue weighted by atomic mass is 9.95. The van der Waals surface area contributed by atoms with E-state index in [1.165, 1.54) is 47.2 Å². The van der Waals surface area contributed by atoms with Crippen molar-refractivity contribution in [3.8, 4) is 0 Å². The minimum absolute atomic E-state index is 0.171. The Labute approximate surface area is 218 Å². The molecule has 1 aliphatic rings. The van der Waals surface area contributed by atoms with Crippen molar-refractivity contribution in [2.75, 3.05) is 17.7 Å². The number of rotatable bonds is 10. The van der Waals surface area contributed by atoms with E-state index in [0.717, 1.165) is 35.1 Å². The highest BCUT2D eigenvalue weighted by atomic mass is 32.2. The molecule has 35 heavy (non-hydrogen) atoms. The molecule has 7 nitrogen and oxygen atoms in total. The van der Waals surface area contributed by atoms with E-state index in [1.807, 2.05) is 6.07 Å². The van der Waals surface area contributed by atoms with Crippen LogP contribution in [0.2, 0.25) is 0 Å². The molecule has 0 aliphatic heterocycles. The third-order valence-corrected chi connectivity index (χ3v) is 9.16. The fourth-order valence-corrected chi connectivity index (χ4v) is 6.83. The van der Waals surface area contributed by atoms with E-state index in [4.69, 9.17) is 4.74 Å². The molecule has 0 saturated heterocycles. The van der Waals surface area contributed by atoms with Crippen molar-refractivity contribution >= 4 is 51.3 Å². The van der Waals surface area contributed by atoms with Crippen LogP contribution in [0.4, 0.5) is 5.00 Å². The van der Waals surface area contributed by atoms with Gasteiger partial charge in [0.25, 0.3) is 0 Å². The Hall–Kier alpha value is -2.17. The third-order valence-electron chi connectivity index (χ3n) is 5.99. The second-order valence-corrected chi connectivity index (χ2v) is 12.0. The fourth-order valence-electron chi connectivity index (χ4n) is 4.24. The summed E-state index contributed by atoms with van der Waals surface area (Å²) in [7, 11) is 0. The van der Waals surface area contributed by atoms with E-state index in [2.05, 4.69) is 51.4 Å². The lowest BCUT2D eigenvalue weighted by Crippen LogP contribution is -2.19. The van der Waals surface area contributed by atoms with Gasteiger partial charge in [-0.15, -0.1) is 32.9 Å². The molecule has 3 aromatic rings. The lowest BCUT2D eigenvalue weighted by molar-refractivity contribution is -0.113. The standard InChI is InChI=1S/C25H32N4O3S3/c1-4-32-24(31)19-14-20(16(2)3)35-23(19)26-22(30)15-34-25-28-27-21(13-18-11-8-12-33-18)29(25)17-9-6-5-7-10-17/h8,11-12,14,16-17H,4-7,9-10,13,15H2,1-3H3,(H,26,30). The molecule has 0 bridgehead atoms. The highest BCUT2D eigenvalue weighted by molar-refractivity contribution is 7.99. The number of nitrogens with one attached hydrogen (secondary N) is 1. The van der Waals surface area contributed by atoms with Crippen molar-refractivity contribution in [3.63, 3.8) is 0 Å². The molecule has 1 amide bonds. The number of carbonyl (C=O) groups excluding carboxylic acids is 2. The molecular formula is C25H32N4O3S3. The van der Waals surface area contributed by atoms with Crippen molar-refractivity contribution in [1.82, 2.24) is 14.8 Å². The summed E-state index contributed by atoms with van der Waals surface area (Å²) < 4.78 is 7.46. The molecule has 3 heterocycles. The van der Waals surface area contributed by atoms with E-state index in [1.54, 1.807) is 18.3 Å². The van der Waals surface area contributed by atoms with E-state index in [0.29, 0.717) is 23.2 Å². The van der Waals surface area contributed by atoms with E-state index in [-0.39, 0.29) is 17.6 Å². The summed E-state index contributed by atoms with van der Waals surface area (Å²) >= 11 is 4.56. The minimum Gasteiger partial charge on any atom is -0.462 e. The van der Waals surface area contributed by atoms with E-state index >= 15 is 0 Å². The molecule has 0 unspecified atom stereocenters. The predicted octanol–water partition coefficient (Wildman–Crippen LogP) is 6.53. The van der Waals surface area contributed by atoms with Crippen LogP contribution in [0.3, 0.4) is 0 Å². The summed E-state index contributed by atoms with van der Waals surface area (Å²) in [6.45, 7) is 6.19. The first-order chi connectivity index (χ1) is 17.0. The van der Waals surface area contributed by atoms with Crippen molar-refractivity contribution < 1.29 is 14.3 Å². The number of amides is 1. The van der Waals surface area contributed by atoms with E-state index < -0.39 is 5.97 Å². The number of anilines is 1. The average Bonchev–Trinajstić information content (AvgIpc) is 3.59. The summed E-state index contributed by atoms with van der Waals surface area (Å²) in [4.78, 5) is 27.6. The van der Waals surface area contributed by atoms with Crippen molar-refractivity contribution in [3.05, 3.63) is 44.7 Å². The van der Waals surface area contributed by atoms with Gasteiger partial charge in [0.1, 0.15) is 10.8 Å². The van der Waals surface area contributed by atoms with Crippen LogP contribution in [0.15, 0.2) is 28.7 Å². The number of carbonyl (C=O) groups is 2. The normalized spacial score (nSPS) is 14.4. The van der Waals surface area contributed by atoms with Crippen molar-refractivity contribution in [2.24, 2.45) is 0 Å². The Balaban J connectivity index is 1.48. The zero-order valence-electron chi connectivity index (χ0n) is 20.4. The molecule has 3 aromatic heterocycles. The lowest BCUT2D eigenvalue weighted by Gasteiger charge is -2.25. The van der Waals surface area contributed by atoms with Crippen LogP contribution in [0.5, 0.6) is 0 Å². The first-order valence-corrected chi connectivity index (χ1v) is 14.8. The zero-order valence-corrected chi connectivity index (χ0v) is 22.9. The second-order valence-electron chi connectivity index (χ2n) is 8.92. The number of nitrogens with zero attached hydrogens (tertiary/aromatic N) is 3. The highest BCUT2D eigenvalue weighted by Crippen LogP contribution is 2.35. The molecular weight excluding hydrogens is 501 g/mol. The van der Waals surface area contributed by atoms with Gasteiger partial charge in [0, 0.05) is 22.2 Å². The number of esters is 1. The van der Waals surface area contributed by atoms with Gasteiger partial charge < -0.3 is 14.6 Å². The number of ether oxygens (including phenoxy) is 1. The number of hydrogen-bond acceptors (Lipinski definition) is 8. The van der Waals surface area contributed by atoms with Gasteiger partial charge in [-0.3, -0.25) is 4.79 Å². The summed E-state index contributed by atoms with van der Waals surface area (Å²) in [5.74, 6) is 0.835. The maximum absolute atomic E-state index is 12.9. The topological polar surface area (TPSA) is 86.1 Å². The van der Waals surface area contributed by atoms with Crippen LogP contribution in [-0.4, -0.2) is 39.0 Å². The van der Waals surface area contributed by atoms with E-state index in [9.17, 15) is 9.59 Å². The number of hydrogen-bond donors (Lipinski definition) is 1. The second kappa shape index (κ2) is 12.2. The Morgan fingerprint density at radius 3 is 2.74 bits per heavy atom. The molecule has 1 aliphatic carbocycles. The van der Waals surface area contributed by atoms with Crippen molar-refractivity contribution in [1.29, 1.82) is 0 Å². The van der Waals surface area contributed by atoms with Gasteiger partial charge in [-0.2, -0.15) is 0 Å². The number of thiophene rings is 2. The SMILES string of the molecule is CCOC(=O)c1cc(C(C)C)sc1NC(=O)CSc1nnc(Cc2cccs2)n1C1CCCCC1. The Morgan fingerprint density at radius 1 is 1.26 bits per heavy atom. The highest BCUT2D eigenvalue weighted by Gasteiger charge is 2.25. The quantitative estimate of drug-likeness (QED) is 0.236. The van der Waals surface area contributed by atoms with Crippen LogP contribution in [-0.2, 0) is 16.0 Å². The molecule has 0 atom stereocenters. The Kier molecular flexibility index (Phi) is 9.02. The maximum Gasteiger partial charge on any atom is 0.341 e.